The maximum Gasteiger partial charge on any atom is 0.164 e. The zero-order valence-electron chi connectivity index (χ0n) is 30.7. The number of nitrogens with zero attached hydrogens (tertiary/aromatic N) is 3. The molecule has 12 rings (SSSR count). The van der Waals surface area contributed by atoms with E-state index in [9.17, 15) is 0 Å². The molecule has 4 aliphatic rings. The van der Waals surface area contributed by atoms with Gasteiger partial charge in [-0.25, -0.2) is 15.0 Å². The van der Waals surface area contributed by atoms with Crippen molar-refractivity contribution >= 4 is 0 Å². The van der Waals surface area contributed by atoms with Crippen molar-refractivity contribution in [2.24, 2.45) is 0 Å². The van der Waals surface area contributed by atoms with Gasteiger partial charge in [0.2, 0.25) is 0 Å². The Bertz CT molecular complexity index is 2960. The number of aromatic nitrogens is 3. The summed E-state index contributed by atoms with van der Waals surface area (Å²) in [5.41, 5.74) is 12.8. The van der Waals surface area contributed by atoms with Crippen molar-refractivity contribution in [2.45, 2.75) is 17.4 Å². The minimum absolute atomic E-state index is 0.00900. The lowest BCUT2D eigenvalue weighted by Gasteiger charge is -2.39. The number of ether oxygens (including phenoxy) is 2. The summed E-state index contributed by atoms with van der Waals surface area (Å²) >= 11 is 0. The Morgan fingerprint density at radius 2 is 0.982 bits per heavy atom. The van der Waals surface area contributed by atoms with Crippen LogP contribution in [0.2, 0.25) is 0 Å². The van der Waals surface area contributed by atoms with E-state index in [2.05, 4.69) is 152 Å². The summed E-state index contributed by atoms with van der Waals surface area (Å²) in [5.74, 6) is 4.65. The summed E-state index contributed by atoms with van der Waals surface area (Å²) in [6.45, 7) is 0. The SMILES string of the molecule is C1=CC2Oc3cc(-c4nc(-c5ccccc5)nc(-c5cccc(-c6ccc7c(c6)C6(c8ccccc8O7)c7ccccc7-c7ccccc76)c5)n4)ccc3C2C=C1. The predicted octanol–water partition coefficient (Wildman–Crippen LogP) is 12.0. The van der Waals surface area contributed by atoms with Gasteiger partial charge in [-0.1, -0.05) is 152 Å². The summed E-state index contributed by atoms with van der Waals surface area (Å²) in [6.07, 6.45) is 8.47. The number of benzene rings is 7. The maximum atomic E-state index is 6.70. The minimum atomic E-state index is -0.539. The van der Waals surface area contributed by atoms with Crippen LogP contribution in [0.4, 0.5) is 0 Å². The fraction of sp³-hybridized carbons (Fsp3) is 0.0577. The molecule has 0 N–H and O–H groups in total. The van der Waals surface area contributed by atoms with Crippen LogP contribution in [0, 0.1) is 0 Å². The molecule has 57 heavy (non-hydrogen) atoms. The molecule has 2 aliphatic heterocycles. The fourth-order valence-electron chi connectivity index (χ4n) is 9.40. The van der Waals surface area contributed by atoms with Gasteiger partial charge in [0.05, 0.1) is 5.41 Å². The van der Waals surface area contributed by atoms with E-state index in [-0.39, 0.29) is 12.0 Å². The van der Waals surface area contributed by atoms with Gasteiger partial charge in [-0.05, 0) is 69.8 Å². The fourth-order valence-corrected chi connectivity index (χ4v) is 9.40. The van der Waals surface area contributed by atoms with E-state index in [1.54, 1.807) is 0 Å². The molecule has 2 atom stereocenters. The normalized spacial score (nSPS) is 17.1. The first-order valence-electron chi connectivity index (χ1n) is 19.4. The van der Waals surface area contributed by atoms with Crippen molar-refractivity contribution in [2.75, 3.05) is 0 Å². The van der Waals surface area contributed by atoms with Crippen LogP contribution in [-0.2, 0) is 5.41 Å². The molecule has 1 aromatic heterocycles. The molecule has 7 aromatic carbocycles. The lowest BCUT2D eigenvalue weighted by Crippen LogP contribution is -2.32. The number of rotatable bonds is 4. The third-order valence-corrected chi connectivity index (χ3v) is 11.9. The average Bonchev–Trinajstić information content (AvgIpc) is 3.80. The molecule has 8 aromatic rings. The van der Waals surface area contributed by atoms with Crippen molar-refractivity contribution in [3.05, 3.63) is 216 Å². The molecule has 1 spiro atoms. The van der Waals surface area contributed by atoms with Crippen LogP contribution < -0.4 is 9.47 Å². The highest BCUT2D eigenvalue weighted by molar-refractivity contribution is 5.89. The first-order chi connectivity index (χ1) is 28.2. The number of allylic oxidation sites excluding steroid dienone is 2. The third kappa shape index (κ3) is 4.79. The van der Waals surface area contributed by atoms with Gasteiger partial charge in [0.25, 0.3) is 0 Å². The second-order valence-electron chi connectivity index (χ2n) is 15.0. The van der Waals surface area contributed by atoms with E-state index >= 15 is 0 Å². The van der Waals surface area contributed by atoms with E-state index in [4.69, 9.17) is 24.4 Å². The molecule has 268 valence electrons. The molecule has 2 unspecified atom stereocenters. The Hall–Kier alpha value is -7.37. The van der Waals surface area contributed by atoms with Crippen molar-refractivity contribution in [3.8, 4) is 73.7 Å². The molecule has 0 fully saturated rings. The van der Waals surface area contributed by atoms with E-state index in [1.807, 2.05) is 36.4 Å². The highest BCUT2D eigenvalue weighted by atomic mass is 16.5. The molecule has 0 radical (unpaired) electrons. The van der Waals surface area contributed by atoms with Crippen LogP contribution >= 0.6 is 0 Å². The first kappa shape index (κ1) is 31.9. The number of para-hydroxylation sites is 1. The summed E-state index contributed by atoms with van der Waals surface area (Å²) < 4.78 is 13.1. The van der Waals surface area contributed by atoms with Crippen LogP contribution in [0.25, 0.3) is 56.4 Å². The second-order valence-corrected chi connectivity index (χ2v) is 15.0. The van der Waals surface area contributed by atoms with E-state index < -0.39 is 5.41 Å². The summed E-state index contributed by atoms with van der Waals surface area (Å²) in [6, 6.07) is 57.7. The topological polar surface area (TPSA) is 57.1 Å². The Labute approximate surface area is 330 Å². The van der Waals surface area contributed by atoms with Gasteiger partial charge in [-0.3, -0.25) is 0 Å². The second kappa shape index (κ2) is 12.3. The molecule has 0 amide bonds. The van der Waals surface area contributed by atoms with E-state index in [1.165, 1.54) is 27.8 Å². The van der Waals surface area contributed by atoms with E-state index in [0.29, 0.717) is 17.5 Å². The lowest BCUT2D eigenvalue weighted by molar-refractivity contribution is 0.269. The third-order valence-electron chi connectivity index (χ3n) is 11.9. The standard InChI is InChI=1S/C52H33N3O2/c1-2-13-32(14-3-1)49-53-50(55-51(54-49)36-25-27-40-39-19-6-10-23-45(39)56-48(40)31-36)35-16-12-15-33(29-35)34-26-28-47-44(30-34)52(43-22-9-11-24-46(43)57-47)41-20-7-4-17-37(41)38-18-5-8-21-42(38)52/h1-31,39,45H. The summed E-state index contributed by atoms with van der Waals surface area (Å²) in [5, 5.41) is 0. The predicted molar refractivity (Wildman–Crippen MR) is 224 cm³/mol. The minimum Gasteiger partial charge on any atom is -0.485 e. The maximum absolute atomic E-state index is 6.70. The summed E-state index contributed by atoms with van der Waals surface area (Å²) in [4.78, 5) is 15.2. The summed E-state index contributed by atoms with van der Waals surface area (Å²) in [7, 11) is 0. The van der Waals surface area contributed by atoms with Crippen LogP contribution in [-0.4, -0.2) is 21.1 Å². The van der Waals surface area contributed by atoms with Crippen molar-refractivity contribution < 1.29 is 9.47 Å². The van der Waals surface area contributed by atoms with Crippen LogP contribution in [0.1, 0.15) is 33.7 Å². The lowest BCUT2D eigenvalue weighted by atomic mass is 9.66. The molecule has 0 bridgehead atoms. The van der Waals surface area contributed by atoms with Crippen LogP contribution in [0.5, 0.6) is 17.2 Å². The number of hydrogen-bond donors (Lipinski definition) is 0. The van der Waals surface area contributed by atoms with Crippen molar-refractivity contribution in [3.63, 3.8) is 0 Å². The highest BCUT2D eigenvalue weighted by Crippen LogP contribution is 2.62. The Morgan fingerprint density at radius 1 is 0.404 bits per heavy atom. The molecular formula is C52H33N3O2. The molecule has 5 nitrogen and oxygen atoms in total. The molecule has 2 aliphatic carbocycles. The number of hydrogen-bond acceptors (Lipinski definition) is 5. The van der Waals surface area contributed by atoms with Gasteiger partial charge in [-0.15, -0.1) is 0 Å². The quantitative estimate of drug-likeness (QED) is 0.180. The van der Waals surface area contributed by atoms with Crippen molar-refractivity contribution in [1.82, 2.24) is 15.0 Å². The van der Waals surface area contributed by atoms with Gasteiger partial charge >= 0.3 is 0 Å². The van der Waals surface area contributed by atoms with Gasteiger partial charge in [0.1, 0.15) is 23.4 Å². The molecule has 0 saturated carbocycles. The van der Waals surface area contributed by atoms with Crippen LogP contribution in [0.15, 0.2) is 188 Å². The number of fused-ring (bicyclic) bond motifs is 12. The van der Waals surface area contributed by atoms with Gasteiger partial charge in [-0.2, -0.15) is 0 Å². The van der Waals surface area contributed by atoms with Gasteiger partial charge in [0, 0.05) is 39.3 Å². The Balaban J connectivity index is 1.00. The van der Waals surface area contributed by atoms with Gasteiger partial charge in [0.15, 0.2) is 17.5 Å². The largest absolute Gasteiger partial charge is 0.485 e. The Kier molecular flexibility index (Phi) is 6.90. The molecule has 0 saturated heterocycles. The molecule has 3 heterocycles. The zero-order chi connectivity index (χ0) is 37.5. The van der Waals surface area contributed by atoms with Crippen molar-refractivity contribution in [1.29, 1.82) is 0 Å². The van der Waals surface area contributed by atoms with Gasteiger partial charge < -0.3 is 9.47 Å². The molecular weight excluding hydrogens is 699 g/mol. The zero-order valence-corrected chi connectivity index (χ0v) is 30.7. The Morgan fingerprint density at radius 3 is 1.77 bits per heavy atom. The van der Waals surface area contributed by atoms with E-state index in [0.717, 1.165) is 56.2 Å². The highest BCUT2D eigenvalue weighted by Gasteiger charge is 2.51. The monoisotopic (exact) mass is 731 g/mol. The molecule has 5 heteroatoms. The first-order valence-corrected chi connectivity index (χ1v) is 19.4. The average molecular weight is 732 g/mol. The van der Waals surface area contributed by atoms with Crippen LogP contribution in [0.3, 0.4) is 0 Å². The smallest absolute Gasteiger partial charge is 0.164 e.